The molecule has 28 heavy (non-hydrogen) atoms. The van der Waals surface area contributed by atoms with Gasteiger partial charge in [0.1, 0.15) is 5.75 Å². The lowest BCUT2D eigenvalue weighted by molar-refractivity contribution is -0.120. The molecule has 0 aromatic heterocycles. The Morgan fingerprint density at radius 3 is 2.32 bits per heavy atom. The largest absolute Gasteiger partial charge is 0.513 e. The molecule has 0 bridgehead atoms. The zero-order valence-corrected chi connectivity index (χ0v) is 16.1. The molecule has 2 rings (SSSR count). The van der Waals surface area contributed by atoms with Crippen molar-refractivity contribution in [1.29, 1.82) is 0 Å². The number of benzene rings is 2. The van der Waals surface area contributed by atoms with Crippen molar-refractivity contribution >= 4 is 29.6 Å². The third-order valence-corrected chi connectivity index (χ3v) is 3.99. The average molecular weight is 405 g/mol. The molecule has 0 atom stereocenters. The smallest absolute Gasteiger partial charge is 0.434 e. The molecule has 7 nitrogen and oxygen atoms in total. The second kappa shape index (κ2) is 10.9. The molecule has 0 saturated carbocycles. The van der Waals surface area contributed by atoms with Gasteiger partial charge in [0.05, 0.1) is 13.0 Å². The third-order valence-electron chi connectivity index (χ3n) is 3.62. The highest BCUT2D eigenvalue weighted by Crippen LogP contribution is 2.15. The first-order chi connectivity index (χ1) is 13.5. The molecule has 2 N–H and O–H groups in total. The number of carbonyl (C=O) groups excluding carboxylic acids is 3. The average Bonchev–Trinajstić information content (AvgIpc) is 2.67. The lowest BCUT2D eigenvalue weighted by Gasteiger charge is -2.09. The van der Waals surface area contributed by atoms with Crippen LogP contribution in [0, 0.1) is 0 Å². The summed E-state index contributed by atoms with van der Waals surface area (Å²) in [5.41, 5.74) is 1.15. The maximum Gasteiger partial charge on any atom is 0.513 e. The van der Waals surface area contributed by atoms with Crippen molar-refractivity contribution in [2.75, 3.05) is 19.7 Å². The summed E-state index contributed by atoms with van der Waals surface area (Å²) >= 11 is 6.02. The zero-order valence-electron chi connectivity index (χ0n) is 15.4. The summed E-state index contributed by atoms with van der Waals surface area (Å²) < 4.78 is 9.59. The Morgan fingerprint density at radius 2 is 1.64 bits per heavy atom. The molecule has 0 aliphatic heterocycles. The van der Waals surface area contributed by atoms with Crippen molar-refractivity contribution in [3.8, 4) is 5.75 Å². The van der Waals surface area contributed by atoms with E-state index in [4.69, 9.17) is 16.3 Å². The first-order valence-electron chi connectivity index (χ1n) is 8.72. The normalized spacial score (nSPS) is 10.1. The Bertz CT molecular complexity index is 824. The summed E-state index contributed by atoms with van der Waals surface area (Å²) in [6.07, 6.45) is -0.623. The minimum Gasteiger partial charge on any atom is -0.434 e. The fraction of sp³-hybridized carbons (Fsp3) is 0.250. The van der Waals surface area contributed by atoms with Crippen molar-refractivity contribution in [3.63, 3.8) is 0 Å². The highest BCUT2D eigenvalue weighted by atomic mass is 35.5. The molecular weight excluding hydrogens is 384 g/mol. The number of halogens is 1. The van der Waals surface area contributed by atoms with E-state index in [9.17, 15) is 14.4 Å². The summed E-state index contributed by atoms with van der Waals surface area (Å²) in [5.74, 6) is -0.201. The Morgan fingerprint density at radius 1 is 0.964 bits per heavy atom. The molecule has 0 aliphatic carbocycles. The van der Waals surface area contributed by atoms with Crippen LogP contribution in [0.25, 0.3) is 0 Å². The van der Waals surface area contributed by atoms with Crippen LogP contribution >= 0.6 is 11.6 Å². The van der Waals surface area contributed by atoms with E-state index in [-0.39, 0.29) is 37.1 Å². The summed E-state index contributed by atoms with van der Waals surface area (Å²) in [7, 11) is 0. The van der Waals surface area contributed by atoms with Crippen LogP contribution in [-0.2, 0) is 16.0 Å². The molecule has 0 saturated heterocycles. The van der Waals surface area contributed by atoms with E-state index in [0.717, 1.165) is 5.56 Å². The first kappa shape index (κ1) is 21.2. The Kier molecular flexibility index (Phi) is 8.30. The van der Waals surface area contributed by atoms with E-state index in [1.165, 1.54) is 24.3 Å². The highest BCUT2D eigenvalue weighted by Gasteiger charge is 2.09. The van der Waals surface area contributed by atoms with E-state index in [2.05, 4.69) is 15.4 Å². The van der Waals surface area contributed by atoms with Crippen LogP contribution in [0.3, 0.4) is 0 Å². The maximum atomic E-state index is 12.1. The lowest BCUT2D eigenvalue weighted by atomic mass is 10.1. The number of amides is 2. The highest BCUT2D eigenvalue weighted by molar-refractivity contribution is 6.31. The van der Waals surface area contributed by atoms with Gasteiger partial charge in [0.15, 0.2) is 0 Å². The van der Waals surface area contributed by atoms with Gasteiger partial charge in [0, 0.05) is 23.7 Å². The fourth-order valence-corrected chi connectivity index (χ4v) is 2.48. The van der Waals surface area contributed by atoms with Crippen molar-refractivity contribution in [2.45, 2.75) is 13.3 Å². The van der Waals surface area contributed by atoms with Crippen LogP contribution in [0.1, 0.15) is 22.8 Å². The SMILES string of the molecule is CCOC(=O)Oc1ccc(C(=O)NCCNC(=O)Cc2ccccc2Cl)cc1. The maximum absolute atomic E-state index is 12.1. The fourth-order valence-electron chi connectivity index (χ4n) is 2.28. The van der Waals surface area contributed by atoms with Crippen molar-refractivity contribution in [3.05, 3.63) is 64.7 Å². The molecule has 0 fully saturated rings. The van der Waals surface area contributed by atoms with Crippen molar-refractivity contribution in [2.24, 2.45) is 0 Å². The van der Waals surface area contributed by atoms with E-state index in [1.54, 1.807) is 25.1 Å². The van der Waals surface area contributed by atoms with E-state index in [0.29, 0.717) is 17.1 Å². The van der Waals surface area contributed by atoms with Crippen molar-refractivity contribution < 1.29 is 23.9 Å². The van der Waals surface area contributed by atoms with Crippen LogP contribution in [0.15, 0.2) is 48.5 Å². The summed E-state index contributed by atoms with van der Waals surface area (Å²) in [4.78, 5) is 35.2. The standard InChI is InChI=1S/C20H21ClN2O5/c1-2-27-20(26)28-16-9-7-14(8-10-16)19(25)23-12-11-22-18(24)13-15-5-3-4-6-17(15)21/h3-10H,2,11-13H2,1H3,(H,22,24)(H,23,25). The van der Waals surface area contributed by atoms with Gasteiger partial charge in [-0.25, -0.2) is 4.79 Å². The van der Waals surface area contributed by atoms with Crippen LogP contribution in [0.4, 0.5) is 4.79 Å². The van der Waals surface area contributed by atoms with Crippen LogP contribution < -0.4 is 15.4 Å². The molecule has 0 heterocycles. The van der Waals surface area contributed by atoms with Gasteiger partial charge in [-0.15, -0.1) is 0 Å². The van der Waals surface area contributed by atoms with Gasteiger partial charge < -0.3 is 20.1 Å². The number of hydrogen-bond donors (Lipinski definition) is 2. The van der Waals surface area contributed by atoms with Gasteiger partial charge >= 0.3 is 6.16 Å². The Labute approximate surface area is 168 Å². The second-order valence-corrected chi connectivity index (χ2v) is 6.09. The molecule has 2 aromatic rings. The molecule has 8 heteroatoms. The van der Waals surface area contributed by atoms with Gasteiger partial charge in [-0.1, -0.05) is 29.8 Å². The van der Waals surface area contributed by atoms with E-state index < -0.39 is 6.16 Å². The van der Waals surface area contributed by atoms with Gasteiger partial charge in [-0.2, -0.15) is 0 Å². The van der Waals surface area contributed by atoms with Crippen LogP contribution in [0.2, 0.25) is 5.02 Å². The molecule has 2 aromatic carbocycles. The number of rotatable bonds is 8. The third kappa shape index (κ3) is 6.92. The molecular formula is C20H21ClN2O5. The second-order valence-electron chi connectivity index (χ2n) is 5.68. The first-order valence-corrected chi connectivity index (χ1v) is 9.10. The topological polar surface area (TPSA) is 93.7 Å². The molecule has 0 spiro atoms. The predicted molar refractivity (Wildman–Crippen MR) is 105 cm³/mol. The van der Waals surface area contributed by atoms with E-state index >= 15 is 0 Å². The zero-order chi connectivity index (χ0) is 20.4. The summed E-state index contributed by atoms with van der Waals surface area (Å²) in [6.45, 7) is 2.45. The van der Waals surface area contributed by atoms with Gasteiger partial charge in [0.2, 0.25) is 5.91 Å². The molecule has 148 valence electrons. The van der Waals surface area contributed by atoms with Gasteiger partial charge in [-0.3, -0.25) is 9.59 Å². The quantitative estimate of drug-likeness (QED) is 0.401. The number of carbonyl (C=O) groups is 3. The van der Waals surface area contributed by atoms with Gasteiger partial charge in [0.25, 0.3) is 5.91 Å². The lowest BCUT2D eigenvalue weighted by Crippen LogP contribution is -2.35. The van der Waals surface area contributed by atoms with Crippen molar-refractivity contribution in [1.82, 2.24) is 10.6 Å². The van der Waals surface area contributed by atoms with Crippen LogP contribution in [0.5, 0.6) is 5.75 Å². The number of ether oxygens (including phenoxy) is 2. The molecule has 0 radical (unpaired) electrons. The number of nitrogens with one attached hydrogen (secondary N) is 2. The van der Waals surface area contributed by atoms with Gasteiger partial charge in [-0.05, 0) is 42.8 Å². The molecule has 2 amide bonds. The minimum atomic E-state index is -0.799. The molecule has 0 unspecified atom stereocenters. The Hall–Kier alpha value is -3.06. The Balaban J connectivity index is 1.71. The predicted octanol–water partition coefficient (Wildman–Crippen LogP) is 2.96. The van der Waals surface area contributed by atoms with E-state index in [1.807, 2.05) is 6.07 Å². The monoisotopic (exact) mass is 404 g/mol. The molecule has 0 aliphatic rings. The minimum absolute atomic E-state index is 0.176. The summed E-state index contributed by atoms with van der Waals surface area (Å²) in [6, 6.07) is 13.2. The van der Waals surface area contributed by atoms with Crippen LogP contribution in [-0.4, -0.2) is 37.7 Å². The summed E-state index contributed by atoms with van der Waals surface area (Å²) in [5, 5.41) is 5.97. The number of hydrogen-bond acceptors (Lipinski definition) is 5.